The lowest BCUT2D eigenvalue weighted by Gasteiger charge is -2.02. The van der Waals surface area contributed by atoms with E-state index in [1.54, 1.807) is 12.1 Å². The van der Waals surface area contributed by atoms with Crippen LogP contribution < -0.4 is 11.1 Å². The zero-order valence-electron chi connectivity index (χ0n) is 6.23. The lowest BCUT2D eigenvalue weighted by atomic mass is 10.1. The van der Waals surface area contributed by atoms with Crippen LogP contribution in [0.3, 0.4) is 0 Å². The highest BCUT2D eigenvalue weighted by Gasteiger charge is 2.20. The Hall–Kier alpha value is -1.03. The molecular weight excluding hydrogens is 220 g/mol. The van der Waals surface area contributed by atoms with Gasteiger partial charge in [0.05, 0.1) is 6.42 Å². The number of carbonyl (C=O) groups is 1. The molecule has 62 valence electrons. The Morgan fingerprint density at radius 2 is 2.25 bits per heavy atom. The van der Waals surface area contributed by atoms with E-state index in [2.05, 4.69) is 21.2 Å². The van der Waals surface area contributed by atoms with Gasteiger partial charge in [-0.15, -0.1) is 0 Å². The van der Waals surface area contributed by atoms with Gasteiger partial charge in [-0.2, -0.15) is 0 Å². The predicted octanol–water partition coefficient (Wildman–Crippen LogP) is 1.53. The van der Waals surface area contributed by atoms with E-state index in [1.807, 2.05) is 0 Å². The van der Waals surface area contributed by atoms with E-state index in [0.717, 1.165) is 15.7 Å². The molecule has 1 aliphatic rings. The Morgan fingerprint density at radius 3 is 3.00 bits per heavy atom. The summed E-state index contributed by atoms with van der Waals surface area (Å²) in [5, 5.41) is 2.73. The van der Waals surface area contributed by atoms with Crippen molar-refractivity contribution in [3.63, 3.8) is 0 Å². The highest BCUT2D eigenvalue weighted by Crippen LogP contribution is 2.32. The van der Waals surface area contributed by atoms with Crippen molar-refractivity contribution in [3.05, 3.63) is 22.2 Å². The van der Waals surface area contributed by atoms with Crippen LogP contribution in [0.25, 0.3) is 0 Å². The molecule has 0 radical (unpaired) electrons. The van der Waals surface area contributed by atoms with E-state index in [0.29, 0.717) is 12.1 Å². The lowest BCUT2D eigenvalue weighted by Crippen LogP contribution is -2.03. The van der Waals surface area contributed by atoms with Crippen molar-refractivity contribution in [2.75, 3.05) is 11.1 Å². The molecule has 4 heteroatoms. The Labute approximate surface area is 78.1 Å². The fourth-order valence-corrected chi connectivity index (χ4v) is 1.92. The van der Waals surface area contributed by atoms with Gasteiger partial charge in [-0.3, -0.25) is 4.79 Å². The van der Waals surface area contributed by atoms with Crippen molar-refractivity contribution in [1.82, 2.24) is 0 Å². The van der Waals surface area contributed by atoms with E-state index in [4.69, 9.17) is 5.73 Å². The van der Waals surface area contributed by atoms with Crippen molar-refractivity contribution in [2.24, 2.45) is 0 Å². The van der Waals surface area contributed by atoms with Gasteiger partial charge in [-0.05, 0) is 17.7 Å². The quantitative estimate of drug-likeness (QED) is 0.660. The Bertz CT molecular complexity index is 362. The first-order chi connectivity index (χ1) is 5.66. The molecule has 3 N–H and O–H groups in total. The minimum atomic E-state index is 0.0244. The molecule has 0 aliphatic carbocycles. The molecule has 0 bridgehead atoms. The SMILES string of the molecule is Nc1cc(Br)c2c(c1)NC(=O)C2. The maximum absolute atomic E-state index is 11.0. The molecule has 12 heavy (non-hydrogen) atoms. The van der Waals surface area contributed by atoms with E-state index in [9.17, 15) is 4.79 Å². The number of hydrogen-bond donors (Lipinski definition) is 2. The van der Waals surface area contributed by atoms with Crippen LogP contribution in [-0.4, -0.2) is 5.91 Å². The third-order valence-electron chi connectivity index (χ3n) is 1.83. The van der Waals surface area contributed by atoms with Gasteiger partial charge in [0.15, 0.2) is 0 Å². The second-order valence-electron chi connectivity index (χ2n) is 2.75. The van der Waals surface area contributed by atoms with Gasteiger partial charge in [-0.1, -0.05) is 15.9 Å². The minimum Gasteiger partial charge on any atom is -0.399 e. The standard InChI is InChI=1S/C8H7BrN2O/c9-6-1-4(10)2-7-5(6)3-8(12)11-7/h1-2H,3,10H2,(H,11,12). The Balaban J connectivity index is 2.59. The fourth-order valence-electron chi connectivity index (χ4n) is 1.30. The number of nitrogens with two attached hydrogens (primary N) is 1. The van der Waals surface area contributed by atoms with E-state index in [-0.39, 0.29) is 5.91 Å². The zero-order valence-corrected chi connectivity index (χ0v) is 7.81. The van der Waals surface area contributed by atoms with Gasteiger partial charge in [-0.25, -0.2) is 0 Å². The van der Waals surface area contributed by atoms with E-state index >= 15 is 0 Å². The molecule has 1 aromatic carbocycles. The summed E-state index contributed by atoms with van der Waals surface area (Å²) >= 11 is 3.35. The summed E-state index contributed by atoms with van der Waals surface area (Å²) in [6.45, 7) is 0. The maximum atomic E-state index is 11.0. The molecule has 0 unspecified atom stereocenters. The highest BCUT2D eigenvalue weighted by molar-refractivity contribution is 9.10. The normalized spacial score (nSPS) is 14.2. The van der Waals surface area contributed by atoms with Gasteiger partial charge in [0.25, 0.3) is 0 Å². The second-order valence-corrected chi connectivity index (χ2v) is 3.61. The number of fused-ring (bicyclic) bond motifs is 1. The molecule has 0 saturated carbocycles. The molecule has 0 fully saturated rings. The van der Waals surface area contributed by atoms with Gasteiger partial charge in [0, 0.05) is 15.8 Å². The number of anilines is 2. The van der Waals surface area contributed by atoms with Gasteiger partial charge in [0.2, 0.25) is 5.91 Å². The predicted molar refractivity (Wildman–Crippen MR) is 50.9 cm³/mol. The first-order valence-corrected chi connectivity index (χ1v) is 4.34. The van der Waals surface area contributed by atoms with Gasteiger partial charge in [0.1, 0.15) is 0 Å². The molecule has 0 saturated heterocycles. The molecule has 3 nitrogen and oxygen atoms in total. The maximum Gasteiger partial charge on any atom is 0.228 e. The topological polar surface area (TPSA) is 55.1 Å². The lowest BCUT2D eigenvalue weighted by molar-refractivity contribution is -0.115. The summed E-state index contributed by atoms with van der Waals surface area (Å²) < 4.78 is 0.899. The van der Waals surface area contributed by atoms with E-state index < -0.39 is 0 Å². The molecule has 0 atom stereocenters. The van der Waals surface area contributed by atoms with Crippen LogP contribution in [0.5, 0.6) is 0 Å². The highest BCUT2D eigenvalue weighted by atomic mass is 79.9. The van der Waals surface area contributed by atoms with Crippen LogP contribution in [0.4, 0.5) is 11.4 Å². The number of carbonyl (C=O) groups excluding carboxylic acids is 1. The van der Waals surface area contributed by atoms with Crippen molar-refractivity contribution in [3.8, 4) is 0 Å². The Morgan fingerprint density at radius 1 is 1.50 bits per heavy atom. The first-order valence-electron chi connectivity index (χ1n) is 3.54. The van der Waals surface area contributed by atoms with Crippen LogP contribution in [0.2, 0.25) is 0 Å². The summed E-state index contributed by atoms with van der Waals surface area (Å²) in [6, 6.07) is 3.57. The van der Waals surface area contributed by atoms with Crippen molar-refractivity contribution in [2.45, 2.75) is 6.42 Å². The van der Waals surface area contributed by atoms with Crippen LogP contribution in [0, 0.1) is 0 Å². The summed E-state index contributed by atoms with van der Waals surface area (Å²) in [6.07, 6.45) is 0.441. The second kappa shape index (κ2) is 2.48. The van der Waals surface area contributed by atoms with Gasteiger partial charge >= 0.3 is 0 Å². The average Bonchev–Trinajstić information content (AvgIpc) is 2.29. The molecular formula is C8H7BrN2O. The number of hydrogen-bond acceptors (Lipinski definition) is 2. The van der Waals surface area contributed by atoms with E-state index in [1.165, 1.54) is 0 Å². The molecule has 1 aliphatic heterocycles. The third kappa shape index (κ3) is 1.08. The number of nitrogen functional groups attached to an aromatic ring is 1. The van der Waals surface area contributed by atoms with Crippen molar-refractivity contribution in [1.29, 1.82) is 0 Å². The number of nitrogens with one attached hydrogen (secondary N) is 1. The Kier molecular flexibility index (Phi) is 1.58. The average molecular weight is 227 g/mol. The summed E-state index contributed by atoms with van der Waals surface area (Å²) in [5.74, 6) is 0.0244. The van der Waals surface area contributed by atoms with Crippen molar-refractivity contribution >= 4 is 33.2 Å². The zero-order chi connectivity index (χ0) is 8.72. The largest absolute Gasteiger partial charge is 0.399 e. The number of halogens is 1. The minimum absolute atomic E-state index is 0.0244. The molecule has 1 aromatic rings. The van der Waals surface area contributed by atoms with Crippen LogP contribution in [0.15, 0.2) is 16.6 Å². The monoisotopic (exact) mass is 226 g/mol. The van der Waals surface area contributed by atoms with Crippen LogP contribution in [0.1, 0.15) is 5.56 Å². The third-order valence-corrected chi connectivity index (χ3v) is 2.54. The molecule has 0 aromatic heterocycles. The summed E-state index contributed by atoms with van der Waals surface area (Å²) in [5.41, 5.74) is 8.07. The molecule has 1 amide bonds. The molecule has 0 spiro atoms. The smallest absolute Gasteiger partial charge is 0.228 e. The number of amides is 1. The fraction of sp³-hybridized carbons (Fsp3) is 0.125. The van der Waals surface area contributed by atoms with Crippen LogP contribution >= 0.6 is 15.9 Å². The van der Waals surface area contributed by atoms with Crippen molar-refractivity contribution < 1.29 is 4.79 Å². The van der Waals surface area contributed by atoms with Crippen LogP contribution in [-0.2, 0) is 11.2 Å². The number of rotatable bonds is 0. The molecule has 1 heterocycles. The van der Waals surface area contributed by atoms with Gasteiger partial charge < -0.3 is 11.1 Å². The molecule has 2 rings (SSSR count). The number of benzene rings is 1. The first kappa shape index (κ1) is 7.61. The summed E-state index contributed by atoms with van der Waals surface area (Å²) in [4.78, 5) is 11.0. The summed E-state index contributed by atoms with van der Waals surface area (Å²) in [7, 11) is 0.